The summed E-state index contributed by atoms with van der Waals surface area (Å²) in [6.45, 7) is 0.708. The molecule has 6 heteroatoms. The number of anilines is 1. The molecule has 2 nitrogen and oxygen atoms in total. The van der Waals surface area contributed by atoms with Crippen molar-refractivity contribution in [1.82, 2.24) is 4.98 Å². The van der Waals surface area contributed by atoms with E-state index in [0.717, 1.165) is 10.6 Å². The highest BCUT2D eigenvalue weighted by Crippen LogP contribution is 2.36. The van der Waals surface area contributed by atoms with Crippen LogP contribution >= 0.6 is 46.5 Å². The highest BCUT2D eigenvalue weighted by molar-refractivity contribution is 8.00. The number of thiazole rings is 1. The molecule has 0 aliphatic carbocycles. The average molecular weight is 441 g/mol. The molecule has 0 aliphatic rings. The third-order valence-corrected chi connectivity index (χ3v) is 6.90. The lowest BCUT2D eigenvalue weighted by Crippen LogP contribution is -1.97. The summed E-state index contributed by atoms with van der Waals surface area (Å²) in [6.07, 6.45) is 1.82. The number of benzene rings is 3. The zero-order valence-corrected chi connectivity index (χ0v) is 18.0. The number of nitrogens with one attached hydrogen (secondary N) is 1. The van der Waals surface area contributed by atoms with Gasteiger partial charge in [-0.2, -0.15) is 0 Å². The van der Waals surface area contributed by atoms with Crippen molar-refractivity contribution in [2.75, 3.05) is 5.32 Å². The number of hydrogen-bond donors (Lipinski definition) is 1. The average Bonchev–Trinajstić information content (AvgIpc) is 3.13. The third kappa shape index (κ3) is 5.55. The van der Waals surface area contributed by atoms with Crippen LogP contribution in [0, 0.1) is 0 Å². The fraction of sp³-hybridized carbons (Fsp3) is 0.0455. The summed E-state index contributed by atoms with van der Waals surface area (Å²) in [5, 5.41) is 3.51. The summed E-state index contributed by atoms with van der Waals surface area (Å²) < 4.78 is 0.575. The Bertz CT molecular complexity index is 976. The largest absolute Gasteiger partial charge is 0.380 e. The van der Waals surface area contributed by atoms with Crippen LogP contribution in [-0.4, -0.2) is 4.98 Å². The molecule has 0 fully saturated rings. The Morgan fingerprint density at radius 2 is 1.36 bits per heavy atom. The molecule has 140 valence electrons. The van der Waals surface area contributed by atoms with Gasteiger partial charge >= 0.3 is 0 Å². The molecule has 1 heterocycles. The van der Waals surface area contributed by atoms with Crippen LogP contribution in [0.25, 0.3) is 0 Å². The van der Waals surface area contributed by atoms with Crippen molar-refractivity contribution in [3.8, 4) is 0 Å². The molecule has 0 amide bonds. The molecule has 0 radical (unpaired) electrons. The molecule has 0 unspecified atom stereocenters. The molecule has 0 saturated heterocycles. The summed E-state index contributed by atoms with van der Waals surface area (Å²) in [5.74, 6) is 0. The summed E-state index contributed by atoms with van der Waals surface area (Å²) >= 11 is 11.0. The van der Waals surface area contributed by atoms with Crippen LogP contribution in [0.4, 0.5) is 5.69 Å². The first-order chi connectivity index (χ1) is 13.7. The van der Waals surface area contributed by atoms with Crippen LogP contribution in [0.15, 0.2) is 105 Å². The van der Waals surface area contributed by atoms with Gasteiger partial charge in [-0.05, 0) is 42.5 Å². The molecule has 28 heavy (non-hydrogen) atoms. The highest BCUT2D eigenvalue weighted by Gasteiger charge is 2.06. The van der Waals surface area contributed by atoms with Crippen molar-refractivity contribution in [3.05, 3.63) is 94.4 Å². The maximum absolute atomic E-state index is 5.95. The number of nitrogens with zero attached hydrogens (tertiary/aromatic N) is 1. The second-order valence-corrected chi connectivity index (χ2v) is 9.95. The van der Waals surface area contributed by atoms with Gasteiger partial charge in [0.2, 0.25) is 0 Å². The quantitative estimate of drug-likeness (QED) is 0.318. The van der Waals surface area contributed by atoms with E-state index in [1.54, 1.807) is 23.5 Å². The van der Waals surface area contributed by atoms with Gasteiger partial charge in [0.1, 0.15) is 0 Å². The van der Waals surface area contributed by atoms with Gasteiger partial charge in [0.25, 0.3) is 0 Å². The van der Waals surface area contributed by atoms with Gasteiger partial charge in [-0.25, -0.2) is 4.98 Å². The maximum Gasteiger partial charge on any atom is 0.183 e. The highest BCUT2D eigenvalue weighted by atomic mass is 35.5. The number of halogens is 1. The van der Waals surface area contributed by atoms with Gasteiger partial charge in [0.05, 0.1) is 6.54 Å². The fourth-order valence-electron chi connectivity index (χ4n) is 2.60. The molecule has 1 N–H and O–H groups in total. The van der Waals surface area contributed by atoms with E-state index in [-0.39, 0.29) is 0 Å². The second-order valence-electron chi connectivity index (χ2n) is 5.96. The van der Waals surface area contributed by atoms with E-state index in [4.69, 9.17) is 11.6 Å². The molecule has 4 aromatic rings. The lowest BCUT2D eigenvalue weighted by atomic mass is 10.3. The Balaban J connectivity index is 1.57. The molecular weight excluding hydrogens is 424 g/mol. The Kier molecular flexibility index (Phi) is 6.60. The predicted octanol–water partition coefficient (Wildman–Crippen LogP) is 7.71. The zero-order chi connectivity index (χ0) is 19.2. The summed E-state index contributed by atoms with van der Waals surface area (Å²) in [7, 11) is 0. The van der Waals surface area contributed by atoms with Crippen molar-refractivity contribution < 1.29 is 0 Å². The predicted molar refractivity (Wildman–Crippen MR) is 122 cm³/mol. The molecule has 0 atom stereocenters. The fourth-order valence-corrected chi connectivity index (χ4v) is 5.46. The van der Waals surface area contributed by atoms with Gasteiger partial charge in [0.15, 0.2) is 4.47 Å². The zero-order valence-electron chi connectivity index (χ0n) is 14.8. The molecule has 3 aromatic carbocycles. The summed E-state index contributed by atoms with van der Waals surface area (Å²) in [6, 6.07) is 27.5. The molecule has 0 bridgehead atoms. The van der Waals surface area contributed by atoms with E-state index < -0.39 is 0 Å². The Hall–Kier alpha value is -1.92. The van der Waals surface area contributed by atoms with Crippen LogP contribution < -0.4 is 5.32 Å². The summed E-state index contributed by atoms with van der Waals surface area (Å²) in [4.78, 5) is 10.1. The minimum atomic E-state index is 0.575. The normalized spacial score (nSPS) is 10.8. The number of hydrogen-bond acceptors (Lipinski definition) is 5. The van der Waals surface area contributed by atoms with Crippen LogP contribution in [0.3, 0.4) is 0 Å². The monoisotopic (exact) mass is 440 g/mol. The molecular formula is C22H17ClN2S3. The standard InChI is InChI=1S/C22H17ClN2S3/c23-22-25-15-21(28-22)14-24-16-11-19(26-17-7-3-1-4-8-17)13-20(12-16)27-18-9-5-2-6-10-18/h1-13,15,24H,14H2. The topological polar surface area (TPSA) is 24.9 Å². The van der Waals surface area contributed by atoms with Crippen molar-refractivity contribution in [2.24, 2.45) is 0 Å². The molecule has 0 saturated carbocycles. The Morgan fingerprint density at radius 1 is 0.786 bits per heavy atom. The van der Waals surface area contributed by atoms with Crippen LogP contribution in [0.1, 0.15) is 4.88 Å². The first-order valence-electron chi connectivity index (χ1n) is 8.69. The Labute approximate surface area is 182 Å². The van der Waals surface area contributed by atoms with Crippen LogP contribution in [0.2, 0.25) is 4.47 Å². The van der Waals surface area contributed by atoms with E-state index >= 15 is 0 Å². The smallest absolute Gasteiger partial charge is 0.183 e. The van der Waals surface area contributed by atoms with Gasteiger partial charge < -0.3 is 5.32 Å². The Morgan fingerprint density at radius 3 is 1.86 bits per heavy atom. The first kappa shape index (κ1) is 19.4. The van der Waals surface area contributed by atoms with Gasteiger partial charge in [-0.1, -0.05) is 71.5 Å². The van der Waals surface area contributed by atoms with Crippen molar-refractivity contribution >= 4 is 52.1 Å². The maximum atomic E-state index is 5.95. The second kappa shape index (κ2) is 9.52. The van der Waals surface area contributed by atoms with Crippen molar-refractivity contribution in [2.45, 2.75) is 26.1 Å². The van der Waals surface area contributed by atoms with Gasteiger partial charge in [-0.3, -0.25) is 0 Å². The van der Waals surface area contributed by atoms with Crippen LogP contribution in [-0.2, 0) is 6.54 Å². The number of aromatic nitrogens is 1. The molecule has 4 rings (SSSR count). The first-order valence-corrected chi connectivity index (χ1v) is 11.5. The minimum Gasteiger partial charge on any atom is -0.380 e. The minimum absolute atomic E-state index is 0.575. The molecule has 1 aromatic heterocycles. The van der Waals surface area contributed by atoms with Gasteiger partial charge in [0, 0.05) is 36.3 Å². The van der Waals surface area contributed by atoms with Crippen LogP contribution in [0.5, 0.6) is 0 Å². The van der Waals surface area contributed by atoms with E-state index in [9.17, 15) is 0 Å². The van der Waals surface area contributed by atoms with E-state index in [2.05, 4.69) is 77.0 Å². The van der Waals surface area contributed by atoms with E-state index in [1.165, 1.54) is 30.9 Å². The van der Waals surface area contributed by atoms with E-state index in [1.807, 2.05) is 18.3 Å². The van der Waals surface area contributed by atoms with Crippen molar-refractivity contribution in [1.29, 1.82) is 0 Å². The molecule has 0 spiro atoms. The summed E-state index contributed by atoms with van der Waals surface area (Å²) in [5.41, 5.74) is 1.09. The van der Waals surface area contributed by atoms with Gasteiger partial charge in [-0.15, -0.1) is 11.3 Å². The van der Waals surface area contributed by atoms with E-state index in [0.29, 0.717) is 11.0 Å². The van der Waals surface area contributed by atoms with Crippen molar-refractivity contribution in [3.63, 3.8) is 0 Å². The lowest BCUT2D eigenvalue weighted by Gasteiger charge is -2.11. The molecule has 0 aliphatic heterocycles. The lowest BCUT2D eigenvalue weighted by molar-refractivity contribution is 1.16. The SMILES string of the molecule is Clc1ncc(CNc2cc(Sc3ccccc3)cc(Sc3ccccc3)c2)s1. The number of rotatable bonds is 7. The third-order valence-electron chi connectivity index (χ3n) is 3.83.